The molecule has 1 heterocycles. The Morgan fingerprint density at radius 1 is 1.12 bits per heavy atom. The van der Waals surface area contributed by atoms with Gasteiger partial charge in [-0.15, -0.1) is 0 Å². The first-order valence-electron chi connectivity index (χ1n) is 7.62. The van der Waals surface area contributed by atoms with Crippen molar-refractivity contribution in [3.05, 3.63) is 34.7 Å². The molecule has 1 unspecified atom stereocenters. The molecular weight excluding hydrogens is 334 g/mol. The van der Waals surface area contributed by atoms with Crippen molar-refractivity contribution in [2.75, 3.05) is 34.0 Å². The summed E-state index contributed by atoms with van der Waals surface area (Å²) in [6, 6.07) is 5.83. The average molecular weight is 354 g/mol. The van der Waals surface area contributed by atoms with Crippen molar-refractivity contribution in [2.24, 2.45) is 0 Å². The highest BCUT2D eigenvalue weighted by molar-refractivity contribution is 5.89. The first-order chi connectivity index (χ1) is 12.0. The molecule has 0 radical (unpaired) electrons. The number of ether oxygens (including phenoxy) is 4. The molecule has 0 saturated carbocycles. The van der Waals surface area contributed by atoms with Crippen molar-refractivity contribution in [1.82, 2.24) is 0 Å². The number of carbonyl (C=O) groups is 2. The van der Waals surface area contributed by atoms with Crippen molar-refractivity contribution in [2.45, 2.75) is 18.6 Å². The highest BCUT2D eigenvalue weighted by Gasteiger charge is 2.26. The maximum atomic E-state index is 12.0. The highest BCUT2D eigenvalue weighted by Crippen LogP contribution is 2.15. The fourth-order valence-electron chi connectivity index (χ4n) is 2.14. The van der Waals surface area contributed by atoms with Crippen molar-refractivity contribution in [1.29, 1.82) is 0 Å². The van der Waals surface area contributed by atoms with Gasteiger partial charge in [0.2, 0.25) is 0 Å². The van der Waals surface area contributed by atoms with E-state index in [2.05, 4.69) is 9.57 Å². The van der Waals surface area contributed by atoms with Crippen molar-refractivity contribution in [3.8, 4) is 0 Å². The van der Waals surface area contributed by atoms with Crippen LogP contribution in [0.1, 0.15) is 16.8 Å². The van der Waals surface area contributed by atoms with E-state index in [1.165, 1.54) is 38.5 Å². The van der Waals surface area contributed by atoms with E-state index in [1.54, 1.807) is 0 Å². The van der Waals surface area contributed by atoms with Gasteiger partial charge in [-0.1, -0.05) is 0 Å². The lowest BCUT2D eigenvalue weighted by Gasteiger charge is -2.28. The molecule has 0 spiro atoms. The van der Waals surface area contributed by atoms with E-state index in [0.717, 1.165) is 0 Å². The van der Waals surface area contributed by atoms with Crippen LogP contribution in [0.4, 0.5) is 5.69 Å². The van der Waals surface area contributed by atoms with Gasteiger partial charge in [0.1, 0.15) is 12.7 Å². The second-order valence-corrected chi connectivity index (χ2v) is 5.28. The van der Waals surface area contributed by atoms with Gasteiger partial charge in [0.15, 0.2) is 7.11 Å². The van der Waals surface area contributed by atoms with Gasteiger partial charge in [0.05, 0.1) is 43.3 Å². The third-order valence-electron chi connectivity index (χ3n) is 3.54. The van der Waals surface area contributed by atoms with Gasteiger partial charge in [-0.3, -0.25) is 4.79 Å². The molecule has 9 heteroatoms. The first-order valence-corrected chi connectivity index (χ1v) is 7.62. The van der Waals surface area contributed by atoms with Crippen LogP contribution in [0.15, 0.2) is 24.3 Å². The molecule has 25 heavy (non-hydrogen) atoms. The number of benzene rings is 1. The number of esters is 2. The van der Waals surface area contributed by atoms with Gasteiger partial charge >= 0.3 is 17.6 Å². The maximum absolute atomic E-state index is 12.0. The summed E-state index contributed by atoms with van der Waals surface area (Å²) in [4.78, 5) is 39.2. The monoisotopic (exact) mass is 354 g/mol. The molecule has 1 aliphatic rings. The van der Waals surface area contributed by atoms with Crippen molar-refractivity contribution in [3.63, 3.8) is 0 Å². The topological polar surface area (TPSA) is 100 Å². The van der Waals surface area contributed by atoms with Gasteiger partial charge in [0.25, 0.3) is 4.92 Å². The molecule has 2 rings (SSSR count). The van der Waals surface area contributed by atoms with Gasteiger partial charge in [0, 0.05) is 12.1 Å². The molecule has 9 nitrogen and oxygen atoms in total. The quantitative estimate of drug-likeness (QED) is 0.531. The molecule has 1 aromatic rings. The van der Waals surface area contributed by atoms with Crippen LogP contribution in [0.25, 0.3) is 0 Å². The highest BCUT2D eigenvalue weighted by atomic mass is 16.8. The molecule has 2 atom stereocenters. The lowest BCUT2D eigenvalue weighted by Crippen LogP contribution is -2.39. The molecule has 0 N–H and O–H groups in total. The van der Waals surface area contributed by atoms with Gasteiger partial charge in [-0.25, -0.2) is 9.63 Å². The number of hydrogen-bond donors (Lipinski definition) is 0. The predicted octanol–water partition coefficient (Wildman–Crippen LogP) is 1.16. The summed E-state index contributed by atoms with van der Waals surface area (Å²) in [5.74, 6) is -0.909. The second kappa shape index (κ2) is 9.09. The number of nitrogens with zero attached hydrogens (tertiary/aromatic N) is 1. The number of rotatable bonds is 7. The molecule has 1 aliphatic heterocycles. The Morgan fingerprint density at radius 3 is 2.32 bits per heavy atom. The summed E-state index contributed by atoms with van der Waals surface area (Å²) < 4.78 is 20.7. The Kier molecular flexibility index (Phi) is 6.84. The van der Waals surface area contributed by atoms with E-state index in [1.807, 2.05) is 0 Å². The number of hydrogen-bond acceptors (Lipinski definition) is 8. The van der Waals surface area contributed by atoms with E-state index in [0.29, 0.717) is 10.5 Å². The first kappa shape index (κ1) is 18.8. The predicted molar refractivity (Wildman–Crippen MR) is 83.1 cm³/mol. The molecule has 0 aromatic heterocycles. The number of methoxy groups -OCH3 is 1. The Labute approximate surface area is 144 Å². The normalized spacial score (nSPS) is 19.8. The van der Waals surface area contributed by atoms with Crippen LogP contribution >= 0.6 is 0 Å². The van der Waals surface area contributed by atoms with Crippen LogP contribution in [-0.4, -0.2) is 63.1 Å². The zero-order valence-electron chi connectivity index (χ0n) is 14.0. The summed E-state index contributed by atoms with van der Waals surface area (Å²) in [7, 11) is 2.56. The molecule has 0 bridgehead atoms. The largest absolute Gasteiger partial charge is 0.469 e. The molecule has 1 fully saturated rings. The molecule has 0 amide bonds. The summed E-state index contributed by atoms with van der Waals surface area (Å²) >= 11 is 0. The van der Waals surface area contributed by atoms with Crippen molar-refractivity contribution < 1.29 is 38.3 Å². The van der Waals surface area contributed by atoms with Crippen LogP contribution in [-0.2, 0) is 28.6 Å². The minimum atomic E-state index is -0.540. The molecule has 136 valence electrons. The molecule has 1 aromatic carbocycles. The Hall–Kier alpha value is -2.52. The van der Waals surface area contributed by atoms with Gasteiger partial charge in [-0.05, 0) is 12.1 Å². The summed E-state index contributed by atoms with van der Waals surface area (Å²) in [5, 5.41) is 0. The van der Waals surface area contributed by atoms with Crippen LogP contribution in [0.2, 0.25) is 0 Å². The summed E-state index contributed by atoms with van der Waals surface area (Å²) in [6.07, 6.45) is -0.640. The lowest BCUT2D eigenvalue weighted by atomic mass is 10.2. The minimum absolute atomic E-state index is 0.0251. The van der Waals surface area contributed by atoms with E-state index >= 15 is 0 Å². The van der Waals surface area contributed by atoms with Crippen LogP contribution in [0, 0.1) is 4.91 Å². The standard InChI is InChI=1S/C16H20NO8/c1-21-15(18)7-13-8-24-14(9-23-13)10-25-16(19)11-3-5-12(6-4-11)17(20)22-2/h3-6,13-14H,7-10H2,1-2H3/q+1/t13-,14?/m0/s1. The van der Waals surface area contributed by atoms with Gasteiger partial charge in [-0.2, -0.15) is 0 Å². The SMILES string of the molecule is COC(=O)C[C@H]1COC(COC(=O)c2ccc([N+](=O)OC)cc2)CO1. The minimum Gasteiger partial charge on any atom is -0.469 e. The molecule has 0 aliphatic carbocycles. The third-order valence-corrected chi connectivity index (χ3v) is 3.54. The second-order valence-electron chi connectivity index (χ2n) is 5.28. The number of carbonyl (C=O) groups excluding carboxylic acids is 2. The molecular formula is C16H20NO8+. The fraction of sp³-hybridized carbons (Fsp3) is 0.500. The average Bonchev–Trinajstić information content (AvgIpc) is 2.66. The smallest absolute Gasteiger partial charge is 0.338 e. The van der Waals surface area contributed by atoms with Crippen LogP contribution in [0.3, 0.4) is 0 Å². The maximum Gasteiger partial charge on any atom is 0.338 e. The van der Waals surface area contributed by atoms with E-state index in [4.69, 9.17) is 14.2 Å². The third kappa shape index (κ3) is 5.50. The van der Waals surface area contributed by atoms with Crippen molar-refractivity contribution >= 4 is 17.6 Å². The van der Waals surface area contributed by atoms with E-state index in [-0.39, 0.29) is 44.0 Å². The fourth-order valence-corrected chi connectivity index (χ4v) is 2.14. The Balaban J connectivity index is 1.75. The van der Waals surface area contributed by atoms with Gasteiger partial charge < -0.3 is 18.9 Å². The molecule has 1 saturated heterocycles. The summed E-state index contributed by atoms with van der Waals surface area (Å²) in [5.41, 5.74) is 0.563. The van der Waals surface area contributed by atoms with E-state index < -0.39 is 12.1 Å². The zero-order valence-corrected chi connectivity index (χ0v) is 14.0. The zero-order chi connectivity index (χ0) is 18.2. The summed E-state index contributed by atoms with van der Waals surface area (Å²) in [6.45, 7) is 0.465. The Bertz CT molecular complexity index is 607. The Morgan fingerprint density at radius 2 is 1.76 bits per heavy atom. The van der Waals surface area contributed by atoms with Crippen LogP contribution < -0.4 is 0 Å². The van der Waals surface area contributed by atoms with Crippen LogP contribution in [0.5, 0.6) is 0 Å². The van der Waals surface area contributed by atoms with E-state index in [9.17, 15) is 14.5 Å². The lowest BCUT2D eigenvalue weighted by molar-refractivity contribution is -0.736.